The third kappa shape index (κ3) is 3.99. The predicted molar refractivity (Wildman–Crippen MR) is 104 cm³/mol. The summed E-state index contributed by atoms with van der Waals surface area (Å²) < 4.78 is 42.2. The molecule has 0 radical (unpaired) electrons. The van der Waals surface area contributed by atoms with Crippen LogP contribution in [-0.4, -0.2) is 15.3 Å². The van der Waals surface area contributed by atoms with Crippen molar-refractivity contribution in [3.05, 3.63) is 90.0 Å². The van der Waals surface area contributed by atoms with Crippen LogP contribution in [0.5, 0.6) is 0 Å². The lowest BCUT2D eigenvalue weighted by Crippen LogP contribution is -2.14. The van der Waals surface area contributed by atoms with E-state index in [0.29, 0.717) is 17.8 Å². The lowest BCUT2D eigenvalue weighted by Gasteiger charge is -2.08. The number of fused-ring (bicyclic) bond motifs is 1. The van der Waals surface area contributed by atoms with Gasteiger partial charge in [-0.05, 0) is 55.0 Å². The molecule has 4 nitrogen and oxygen atoms in total. The number of rotatable bonds is 5. The normalized spacial score (nSPS) is 11.0. The summed E-state index contributed by atoms with van der Waals surface area (Å²) >= 11 is 0. The molecule has 0 fully saturated rings. The van der Waals surface area contributed by atoms with E-state index in [0.717, 1.165) is 29.5 Å². The van der Waals surface area contributed by atoms with Crippen molar-refractivity contribution in [2.45, 2.75) is 12.8 Å². The highest BCUT2D eigenvalue weighted by Crippen LogP contribution is 2.26. The largest absolute Gasteiger partial charge is 0.324 e. The Labute approximate surface area is 164 Å². The zero-order valence-electron chi connectivity index (χ0n) is 15.2. The molecule has 2 aromatic heterocycles. The van der Waals surface area contributed by atoms with Gasteiger partial charge < -0.3 is 9.72 Å². The Hall–Kier alpha value is -3.61. The smallest absolute Gasteiger partial charge is 0.224 e. The molecule has 4 aromatic rings. The second-order valence-electron chi connectivity index (χ2n) is 6.52. The van der Waals surface area contributed by atoms with Crippen LogP contribution in [0.15, 0.2) is 66.9 Å². The standard InChI is InChI=1S/C22H16F3N3O/c23-15-6-4-14(5-7-15)22-19(28-12-2-1-3-20(28)27-22)10-11-21(29)26-18-13-16(24)8-9-17(18)25/h1-9,12-13H,10-11H2,(H,26,29). The minimum atomic E-state index is -0.707. The van der Waals surface area contributed by atoms with Gasteiger partial charge in [0, 0.05) is 24.2 Å². The molecule has 2 aromatic carbocycles. The van der Waals surface area contributed by atoms with Crippen molar-refractivity contribution in [2.24, 2.45) is 0 Å². The van der Waals surface area contributed by atoms with E-state index in [4.69, 9.17) is 0 Å². The molecule has 2 heterocycles. The molecule has 0 aliphatic rings. The molecule has 0 atom stereocenters. The summed E-state index contributed by atoms with van der Waals surface area (Å²) in [4.78, 5) is 16.9. The Morgan fingerprint density at radius 3 is 2.52 bits per heavy atom. The van der Waals surface area contributed by atoms with E-state index < -0.39 is 17.5 Å². The number of hydrogen-bond acceptors (Lipinski definition) is 2. The van der Waals surface area contributed by atoms with Gasteiger partial charge in [-0.15, -0.1) is 0 Å². The number of aryl methyl sites for hydroxylation is 1. The molecule has 7 heteroatoms. The molecule has 0 saturated heterocycles. The van der Waals surface area contributed by atoms with Gasteiger partial charge in [0.15, 0.2) is 0 Å². The first kappa shape index (κ1) is 18.7. The SMILES string of the molecule is O=C(CCc1c(-c2ccc(F)cc2)nc2ccccn12)Nc1cc(F)ccc1F. The van der Waals surface area contributed by atoms with Crippen LogP contribution in [-0.2, 0) is 11.2 Å². The first-order valence-corrected chi connectivity index (χ1v) is 8.98. The molecule has 0 spiro atoms. The third-order valence-corrected chi connectivity index (χ3v) is 4.54. The highest BCUT2D eigenvalue weighted by Gasteiger charge is 2.16. The molecule has 0 aliphatic carbocycles. The highest BCUT2D eigenvalue weighted by atomic mass is 19.1. The summed E-state index contributed by atoms with van der Waals surface area (Å²) in [5.74, 6) is -2.15. The summed E-state index contributed by atoms with van der Waals surface area (Å²) in [5, 5.41) is 2.40. The fraction of sp³-hybridized carbons (Fsp3) is 0.0909. The number of imidazole rings is 1. The maximum atomic E-state index is 13.7. The third-order valence-electron chi connectivity index (χ3n) is 4.54. The quantitative estimate of drug-likeness (QED) is 0.518. The van der Waals surface area contributed by atoms with Gasteiger partial charge in [0.2, 0.25) is 5.91 Å². The van der Waals surface area contributed by atoms with Gasteiger partial charge in [0.05, 0.1) is 17.1 Å². The van der Waals surface area contributed by atoms with E-state index in [-0.39, 0.29) is 17.9 Å². The maximum absolute atomic E-state index is 13.7. The number of anilines is 1. The van der Waals surface area contributed by atoms with Crippen molar-refractivity contribution in [1.29, 1.82) is 0 Å². The summed E-state index contributed by atoms with van der Waals surface area (Å²) in [7, 11) is 0. The zero-order chi connectivity index (χ0) is 20.4. The van der Waals surface area contributed by atoms with Crippen LogP contribution in [0.3, 0.4) is 0 Å². The Kier molecular flexibility index (Phi) is 5.03. The van der Waals surface area contributed by atoms with Crippen LogP contribution in [0.2, 0.25) is 0 Å². The summed E-state index contributed by atoms with van der Waals surface area (Å²) in [6, 6.07) is 14.4. The second-order valence-corrected chi connectivity index (χ2v) is 6.52. The molecule has 1 N–H and O–H groups in total. The molecular formula is C22H16F3N3O. The number of hydrogen-bond donors (Lipinski definition) is 1. The number of amides is 1. The van der Waals surface area contributed by atoms with Gasteiger partial charge >= 0.3 is 0 Å². The Morgan fingerprint density at radius 1 is 0.966 bits per heavy atom. The lowest BCUT2D eigenvalue weighted by atomic mass is 10.1. The second kappa shape index (κ2) is 7.79. The Bertz CT molecular complexity index is 1190. The van der Waals surface area contributed by atoms with E-state index in [1.807, 2.05) is 28.8 Å². The van der Waals surface area contributed by atoms with E-state index in [9.17, 15) is 18.0 Å². The van der Waals surface area contributed by atoms with Crippen LogP contribution in [0.1, 0.15) is 12.1 Å². The first-order chi connectivity index (χ1) is 14.0. The first-order valence-electron chi connectivity index (χ1n) is 8.98. The van der Waals surface area contributed by atoms with E-state index in [1.165, 1.54) is 12.1 Å². The number of pyridine rings is 1. The molecule has 0 bridgehead atoms. The van der Waals surface area contributed by atoms with Gasteiger partial charge in [-0.2, -0.15) is 0 Å². The highest BCUT2D eigenvalue weighted by molar-refractivity contribution is 5.91. The molecule has 1 amide bonds. The van der Waals surface area contributed by atoms with Crippen molar-refractivity contribution >= 4 is 17.2 Å². The number of carbonyl (C=O) groups excluding carboxylic acids is 1. The van der Waals surface area contributed by atoms with E-state index in [1.54, 1.807) is 12.1 Å². The molecule has 4 rings (SSSR count). The van der Waals surface area contributed by atoms with Crippen molar-refractivity contribution < 1.29 is 18.0 Å². The van der Waals surface area contributed by atoms with Gasteiger partial charge in [-0.1, -0.05) is 6.07 Å². The Balaban J connectivity index is 1.60. The zero-order valence-corrected chi connectivity index (χ0v) is 15.2. The number of nitrogens with one attached hydrogen (secondary N) is 1. The average Bonchev–Trinajstić information content (AvgIpc) is 3.08. The lowest BCUT2D eigenvalue weighted by molar-refractivity contribution is -0.116. The number of nitrogens with zero attached hydrogens (tertiary/aromatic N) is 2. The predicted octanol–water partition coefficient (Wildman–Crippen LogP) is 4.99. The maximum Gasteiger partial charge on any atom is 0.224 e. The minimum Gasteiger partial charge on any atom is -0.324 e. The van der Waals surface area contributed by atoms with Crippen LogP contribution < -0.4 is 5.32 Å². The van der Waals surface area contributed by atoms with Crippen molar-refractivity contribution in [2.75, 3.05) is 5.32 Å². The fourth-order valence-corrected chi connectivity index (χ4v) is 3.16. The number of aromatic nitrogens is 2. The topological polar surface area (TPSA) is 46.4 Å². The van der Waals surface area contributed by atoms with Crippen LogP contribution in [0.4, 0.5) is 18.9 Å². The average molecular weight is 395 g/mol. The summed E-state index contributed by atoms with van der Waals surface area (Å²) in [6.45, 7) is 0. The molecular weight excluding hydrogens is 379 g/mol. The van der Waals surface area contributed by atoms with Crippen molar-refractivity contribution in [3.63, 3.8) is 0 Å². The van der Waals surface area contributed by atoms with Gasteiger partial charge in [0.1, 0.15) is 23.1 Å². The van der Waals surface area contributed by atoms with Gasteiger partial charge in [-0.3, -0.25) is 4.79 Å². The van der Waals surface area contributed by atoms with E-state index in [2.05, 4.69) is 10.3 Å². The number of benzene rings is 2. The monoisotopic (exact) mass is 395 g/mol. The summed E-state index contributed by atoms with van der Waals surface area (Å²) in [5.41, 5.74) is 2.62. The van der Waals surface area contributed by atoms with Crippen LogP contribution in [0.25, 0.3) is 16.9 Å². The number of halogens is 3. The van der Waals surface area contributed by atoms with Crippen molar-refractivity contribution in [1.82, 2.24) is 9.38 Å². The summed E-state index contributed by atoms with van der Waals surface area (Å²) in [6.07, 6.45) is 2.17. The Morgan fingerprint density at radius 2 is 1.72 bits per heavy atom. The molecule has 0 saturated carbocycles. The van der Waals surface area contributed by atoms with Crippen LogP contribution >= 0.6 is 0 Å². The van der Waals surface area contributed by atoms with Crippen LogP contribution in [0, 0.1) is 17.5 Å². The molecule has 0 aliphatic heterocycles. The number of carbonyl (C=O) groups is 1. The fourth-order valence-electron chi connectivity index (χ4n) is 3.16. The van der Waals surface area contributed by atoms with Gasteiger partial charge in [-0.25, -0.2) is 18.2 Å². The van der Waals surface area contributed by atoms with E-state index >= 15 is 0 Å². The molecule has 146 valence electrons. The van der Waals surface area contributed by atoms with Crippen molar-refractivity contribution in [3.8, 4) is 11.3 Å². The van der Waals surface area contributed by atoms with Gasteiger partial charge in [0.25, 0.3) is 0 Å². The molecule has 0 unspecified atom stereocenters. The molecule has 29 heavy (non-hydrogen) atoms. The minimum absolute atomic E-state index is 0.0346.